The van der Waals surface area contributed by atoms with Crippen LogP contribution in [0.4, 0.5) is 0 Å². The Hall–Kier alpha value is -0.960. The summed E-state index contributed by atoms with van der Waals surface area (Å²) in [7, 11) is 0. The monoisotopic (exact) mass is 209 g/mol. The number of thiol groups is 1. The Morgan fingerprint density at radius 2 is 2.07 bits per heavy atom. The topological polar surface area (TPSA) is 29.1 Å². The van der Waals surface area contributed by atoms with Gasteiger partial charge in [-0.1, -0.05) is 26.0 Å². The fraction of sp³-hybridized carbons (Fsp3) is 0.364. The number of hydrogen-bond donors (Lipinski definition) is 2. The molecule has 0 heterocycles. The predicted octanol–water partition coefficient (Wildman–Crippen LogP) is 2.36. The van der Waals surface area contributed by atoms with Crippen LogP contribution in [-0.2, 0) is 0 Å². The van der Waals surface area contributed by atoms with Crippen molar-refractivity contribution in [1.82, 2.24) is 5.32 Å². The summed E-state index contributed by atoms with van der Waals surface area (Å²) in [4.78, 5) is 12.3. The number of amides is 1. The predicted molar refractivity (Wildman–Crippen MR) is 60.9 cm³/mol. The van der Waals surface area contributed by atoms with E-state index in [2.05, 4.69) is 31.8 Å². The van der Waals surface area contributed by atoms with Crippen molar-refractivity contribution < 1.29 is 4.79 Å². The summed E-state index contributed by atoms with van der Waals surface area (Å²) in [6.45, 7) is 4.82. The van der Waals surface area contributed by atoms with Crippen molar-refractivity contribution in [3.8, 4) is 0 Å². The molecule has 1 rings (SSSR count). The zero-order valence-electron chi connectivity index (χ0n) is 8.45. The van der Waals surface area contributed by atoms with Crippen LogP contribution in [0.2, 0.25) is 0 Å². The Bertz CT molecular complexity index is 323. The van der Waals surface area contributed by atoms with Gasteiger partial charge in [0.1, 0.15) is 0 Å². The van der Waals surface area contributed by atoms with Crippen LogP contribution in [0.25, 0.3) is 0 Å². The standard InChI is InChI=1S/C11H15NOS/c1-8(2)7-12-11(13)9-5-3-4-6-10(9)14/h3-6,8,14H,7H2,1-2H3,(H,12,13). The van der Waals surface area contributed by atoms with Gasteiger partial charge in [-0.3, -0.25) is 4.79 Å². The lowest BCUT2D eigenvalue weighted by atomic mass is 10.2. The van der Waals surface area contributed by atoms with Gasteiger partial charge in [0.15, 0.2) is 0 Å². The van der Waals surface area contributed by atoms with Gasteiger partial charge < -0.3 is 5.32 Å². The Morgan fingerprint density at radius 1 is 1.43 bits per heavy atom. The van der Waals surface area contributed by atoms with E-state index in [1.807, 2.05) is 18.2 Å². The molecule has 3 heteroatoms. The van der Waals surface area contributed by atoms with E-state index in [4.69, 9.17) is 0 Å². The number of carbonyl (C=O) groups is 1. The SMILES string of the molecule is CC(C)CNC(=O)c1ccccc1S. The molecule has 0 atom stereocenters. The molecule has 0 radical (unpaired) electrons. The molecule has 0 fully saturated rings. The number of hydrogen-bond acceptors (Lipinski definition) is 2. The zero-order chi connectivity index (χ0) is 10.6. The maximum atomic E-state index is 11.6. The van der Waals surface area contributed by atoms with Gasteiger partial charge in [0.2, 0.25) is 0 Å². The van der Waals surface area contributed by atoms with Crippen LogP contribution in [0.1, 0.15) is 24.2 Å². The molecule has 1 N–H and O–H groups in total. The molecule has 0 aliphatic carbocycles. The van der Waals surface area contributed by atoms with Gasteiger partial charge in [0, 0.05) is 11.4 Å². The summed E-state index contributed by atoms with van der Waals surface area (Å²) in [6.07, 6.45) is 0. The largest absolute Gasteiger partial charge is 0.352 e. The van der Waals surface area contributed by atoms with E-state index < -0.39 is 0 Å². The third-order valence-corrected chi connectivity index (χ3v) is 2.21. The highest BCUT2D eigenvalue weighted by atomic mass is 32.1. The first-order chi connectivity index (χ1) is 6.61. The van der Waals surface area contributed by atoms with Crippen LogP contribution >= 0.6 is 12.6 Å². The third-order valence-electron chi connectivity index (χ3n) is 1.82. The minimum absolute atomic E-state index is 0.0516. The van der Waals surface area contributed by atoms with Crippen molar-refractivity contribution in [3.05, 3.63) is 29.8 Å². The lowest BCUT2D eigenvalue weighted by molar-refractivity contribution is 0.0946. The summed E-state index contributed by atoms with van der Waals surface area (Å²) >= 11 is 4.22. The maximum Gasteiger partial charge on any atom is 0.252 e. The minimum atomic E-state index is -0.0516. The smallest absolute Gasteiger partial charge is 0.252 e. The molecule has 1 aromatic carbocycles. The van der Waals surface area contributed by atoms with Gasteiger partial charge in [-0.25, -0.2) is 0 Å². The van der Waals surface area contributed by atoms with E-state index in [1.54, 1.807) is 6.07 Å². The summed E-state index contributed by atoms with van der Waals surface area (Å²) in [5, 5.41) is 2.85. The molecule has 0 aromatic heterocycles. The molecule has 1 amide bonds. The number of rotatable bonds is 3. The molecular weight excluding hydrogens is 194 g/mol. The summed E-state index contributed by atoms with van der Waals surface area (Å²) in [6, 6.07) is 7.29. The van der Waals surface area contributed by atoms with Crippen molar-refractivity contribution in [2.24, 2.45) is 5.92 Å². The van der Waals surface area contributed by atoms with Crippen LogP contribution in [0.3, 0.4) is 0 Å². The second kappa shape index (κ2) is 5.05. The van der Waals surface area contributed by atoms with E-state index in [9.17, 15) is 4.79 Å². The Balaban J connectivity index is 2.65. The van der Waals surface area contributed by atoms with Gasteiger partial charge in [0.25, 0.3) is 5.91 Å². The minimum Gasteiger partial charge on any atom is -0.352 e. The Kier molecular flexibility index (Phi) is 4.01. The van der Waals surface area contributed by atoms with Crippen LogP contribution in [0.5, 0.6) is 0 Å². The van der Waals surface area contributed by atoms with Crippen LogP contribution in [-0.4, -0.2) is 12.5 Å². The van der Waals surface area contributed by atoms with Crippen molar-refractivity contribution in [1.29, 1.82) is 0 Å². The highest BCUT2D eigenvalue weighted by molar-refractivity contribution is 7.80. The van der Waals surface area contributed by atoms with Gasteiger partial charge in [-0.05, 0) is 18.1 Å². The quantitative estimate of drug-likeness (QED) is 0.735. The summed E-state index contributed by atoms with van der Waals surface area (Å²) in [5.41, 5.74) is 0.636. The molecule has 0 saturated carbocycles. The fourth-order valence-electron chi connectivity index (χ4n) is 1.06. The average molecular weight is 209 g/mol. The number of nitrogens with one attached hydrogen (secondary N) is 1. The lowest BCUT2D eigenvalue weighted by Gasteiger charge is -2.08. The van der Waals surface area contributed by atoms with E-state index >= 15 is 0 Å². The average Bonchev–Trinajstić information content (AvgIpc) is 2.15. The third kappa shape index (κ3) is 3.07. The van der Waals surface area contributed by atoms with E-state index in [-0.39, 0.29) is 5.91 Å². The molecular formula is C11H15NOS. The van der Waals surface area contributed by atoms with Crippen LogP contribution in [0, 0.1) is 5.92 Å². The molecule has 0 aliphatic heterocycles. The molecule has 0 spiro atoms. The Labute approximate surface area is 90.1 Å². The molecule has 1 aromatic rings. The zero-order valence-corrected chi connectivity index (χ0v) is 9.34. The van der Waals surface area contributed by atoms with Crippen molar-refractivity contribution >= 4 is 18.5 Å². The number of carbonyl (C=O) groups excluding carboxylic acids is 1. The van der Waals surface area contributed by atoms with E-state index in [1.165, 1.54) is 0 Å². The molecule has 14 heavy (non-hydrogen) atoms. The van der Waals surface area contributed by atoms with Crippen molar-refractivity contribution in [2.75, 3.05) is 6.54 Å². The van der Waals surface area contributed by atoms with Crippen LogP contribution < -0.4 is 5.32 Å². The first-order valence-corrected chi connectivity index (χ1v) is 5.12. The number of benzene rings is 1. The first kappa shape index (κ1) is 11.1. The van der Waals surface area contributed by atoms with Gasteiger partial charge in [0.05, 0.1) is 5.56 Å². The maximum absolute atomic E-state index is 11.6. The fourth-order valence-corrected chi connectivity index (χ4v) is 1.32. The van der Waals surface area contributed by atoms with E-state index in [0.29, 0.717) is 22.9 Å². The highest BCUT2D eigenvalue weighted by Crippen LogP contribution is 2.12. The van der Waals surface area contributed by atoms with Gasteiger partial charge in [-0.2, -0.15) is 0 Å². The molecule has 76 valence electrons. The summed E-state index contributed by atoms with van der Waals surface area (Å²) < 4.78 is 0. The first-order valence-electron chi connectivity index (χ1n) is 4.67. The highest BCUT2D eigenvalue weighted by Gasteiger charge is 2.07. The van der Waals surface area contributed by atoms with Gasteiger partial charge in [-0.15, -0.1) is 12.6 Å². The normalized spacial score (nSPS) is 10.3. The molecule has 0 aliphatic rings. The Morgan fingerprint density at radius 3 is 2.64 bits per heavy atom. The molecule has 2 nitrogen and oxygen atoms in total. The van der Waals surface area contributed by atoms with Gasteiger partial charge >= 0.3 is 0 Å². The lowest BCUT2D eigenvalue weighted by Crippen LogP contribution is -2.27. The molecule has 0 unspecified atom stereocenters. The van der Waals surface area contributed by atoms with E-state index in [0.717, 1.165) is 0 Å². The second-order valence-electron chi connectivity index (χ2n) is 3.62. The molecule has 0 saturated heterocycles. The summed E-state index contributed by atoms with van der Waals surface area (Å²) in [5.74, 6) is 0.412. The van der Waals surface area contributed by atoms with Crippen molar-refractivity contribution in [2.45, 2.75) is 18.7 Å². The van der Waals surface area contributed by atoms with Crippen molar-refractivity contribution in [3.63, 3.8) is 0 Å². The van der Waals surface area contributed by atoms with Crippen LogP contribution in [0.15, 0.2) is 29.2 Å². The second-order valence-corrected chi connectivity index (χ2v) is 4.10. The molecule has 0 bridgehead atoms.